The average Bonchev–Trinajstić information content (AvgIpc) is 2.33. The van der Waals surface area contributed by atoms with Crippen LogP contribution >= 0.6 is 0 Å². The summed E-state index contributed by atoms with van der Waals surface area (Å²) in [5.41, 5.74) is -0.674. The third kappa shape index (κ3) is 2.67. The van der Waals surface area contributed by atoms with Crippen molar-refractivity contribution in [1.29, 1.82) is 0 Å². The molecule has 0 aliphatic heterocycles. The first-order chi connectivity index (χ1) is 8.99. The Morgan fingerprint density at radius 2 is 1.74 bits per heavy atom. The SMILES string of the molecule is O=C(O)c1c(F)cccc1Oc1ccc(F)c(F)c1. The number of hydrogen-bond donors (Lipinski definition) is 1. The van der Waals surface area contributed by atoms with E-state index in [4.69, 9.17) is 9.84 Å². The van der Waals surface area contributed by atoms with Crippen molar-refractivity contribution < 1.29 is 27.8 Å². The number of carbonyl (C=O) groups is 1. The monoisotopic (exact) mass is 268 g/mol. The third-order valence-electron chi connectivity index (χ3n) is 2.31. The maximum absolute atomic E-state index is 13.4. The van der Waals surface area contributed by atoms with Gasteiger partial charge in [0.05, 0.1) is 0 Å². The highest BCUT2D eigenvalue weighted by molar-refractivity contribution is 5.91. The maximum Gasteiger partial charge on any atom is 0.342 e. The molecule has 0 atom stereocenters. The molecule has 0 amide bonds. The van der Waals surface area contributed by atoms with E-state index in [9.17, 15) is 18.0 Å². The molecule has 0 saturated carbocycles. The van der Waals surface area contributed by atoms with Crippen molar-refractivity contribution in [2.75, 3.05) is 0 Å². The van der Waals surface area contributed by atoms with Gasteiger partial charge in [-0.2, -0.15) is 0 Å². The molecule has 0 fully saturated rings. The molecule has 19 heavy (non-hydrogen) atoms. The zero-order chi connectivity index (χ0) is 14.0. The van der Waals surface area contributed by atoms with Crippen LogP contribution in [0.2, 0.25) is 0 Å². The summed E-state index contributed by atoms with van der Waals surface area (Å²) in [5, 5.41) is 8.87. The Morgan fingerprint density at radius 3 is 2.37 bits per heavy atom. The molecule has 2 rings (SSSR count). The number of rotatable bonds is 3. The van der Waals surface area contributed by atoms with Crippen molar-refractivity contribution in [2.45, 2.75) is 0 Å². The molecule has 0 aromatic heterocycles. The summed E-state index contributed by atoms with van der Waals surface area (Å²) in [6.07, 6.45) is 0. The van der Waals surface area contributed by atoms with Crippen LogP contribution in [0.25, 0.3) is 0 Å². The van der Waals surface area contributed by atoms with Gasteiger partial charge in [0, 0.05) is 6.07 Å². The van der Waals surface area contributed by atoms with Crippen LogP contribution in [-0.2, 0) is 0 Å². The van der Waals surface area contributed by atoms with Crippen LogP contribution in [0.4, 0.5) is 13.2 Å². The summed E-state index contributed by atoms with van der Waals surface area (Å²) in [7, 11) is 0. The fourth-order valence-electron chi connectivity index (χ4n) is 1.46. The first-order valence-electron chi connectivity index (χ1n) is 5.13. The minimum atomic E-state index is -1.52. The summed E-state index contributed by atoms with van der Waals surface area (Å²) >= 11 is 0. The largest absolute Gasteiger partial charge is 0.477 e. The predicted molar refractivity (Wildman–Crippen MR) is 59.8 cm³/mol. The zero-order valence-corrected chi connectivity index (χ0v) is 9.36. The molecule has 6 heteroatoms. The van der Waals surface area contributed by atoms with Crippen LogP contribution in [0.15, 0.2) is 36.4 Å². The van der Waals surface area contributed by atoms with Gasteiger partial charge in [-0.1, -0.05) is 6.07 Å². The number of hydrogen-bond acceptors (Lipinski definition) is 2. The summed E-state index contributed by atoms with van der Waals surface area (Å²) in [6.45, 7) is 0. The van der Waals surface area contributed by atoms with Crippen molar-refractivity contribution in [2.24, 2.45) is 0 Å². The molecule has 1 N–H and O–H groups in total. The fourth-order valence-corrected chi connectivity index (χ4v) is 1.46. The van der Waals surface area contributed by atoms with E-state index in [-0.39, 0.29) is 11.5 Å². The second-order valence-corrected chi connectivity index (χ2v) is 3.60. The van der Waals surface area contributed by atoms with Crippen LogP contribution in [0.1, 0.15) is 10.4 Å². The number of ether oxygens (including phenoxy) is 1. The molecule has 98 valence electrons. The molecule has 2 aromatic rings. The quantitative estimate of drug-likeness (QED) is 0.925. The lowest BCUT2D eigenvalue weighted by atomic mass is 10.2. The second kappa shape index (κ2) is 5.01. The molecule has 0 aliphatic rings. The second-order valence-electron chi connectivity index (χ2n) is 3.60. The number of aromatic carboxylic acids is 1. The van der Waals surface area contributed by atoms with Gasteiger partial charge in [0.25, 0.3) is 0 Å². The minimum absolute atomic E-state index is 0.132. The molecule has 0 unspecified atom stereocenters. The van der Waals surface area contributed by atoms with Crippen molar-refractivity contribution in [3.05, 3.63) is 59.4 Å². The van der Waals surface area contributed by atoms with Crippen LogP contribution < -0.4 is 4.74 Å². The summed E-state index contributed by atoms with van der Waals surface area (Å²) < 4.78 is 44.1. The molecule has 0 bridgehead atoms. The Balaban J connectivity index is 2.40. The maximum atomic E-state index is 13.4. The summed E-state index contributed by atoms with van der Waals surface area (Å²) in [4.78, 5) is 10.9. The van der Waals surface area contributed by atoms with Gasteiger partial charge in [-0.15, -0.1) is 0 Å². The smallest absolute Gasteiger partial charge is 0.342 e. The first kappa shape index (κ1) is 12.9. The van der Waals surface area contributed by atoms with Gasteiger partial charge in [-0.05, 0) is 24.3 Å². The van der Waals surface area contributed by atoms with Gasteiger partial charge in [0.15, 0.2) is 11.6 Å². The normalized spacial score (nSPS) is 10.3. The first-order valence-corrected chi connectivity index (χ1v) is 5.13. The Kier molecular flexibility index (Phi) is 3.41. The molecule has 0 spiro atoms. The van der Waals surface area contributed by atoms with Gasteiger partial charge < -0.3 is 9.84 Å². The topological polar surface area (TPSA) is 46.5 Å². The lowest BCUT2D eigenvalue weighted by molar-refractivity contribution is 0.0689. The van der Waals surface area contributed by atoms with E-state index in [1.54, 1.807) is 0 Å². The molecule has 2 aromatic carbocycles. The molecular weight excluding hydrogens is 261 g/mol. The molecular formula is C13H7F3O3. The highest BCUT2D eigenvalue weighted by Gasteiger charge is 2.17. The van der Waals surface area contributed by atoms with Crippen molar-refractivity contribution in [3.8, 4) is 11.5 Å². The highest BCUT2D eigenvalue weighted by Crippen LogP contribution is 2.28. The van der Waals surface area contributed by atoms with Gasteiger partial charge in [-0.25, -0.2) is 18.0 Å². The fraction of sp³-hybridized carbons (Fsp3) is 0. The molecule has 0 heterocycles. The highest BCUT2D eigenvalue weighted by atomic mass is 19.2. The van der Waals surface area contributed by atoms with Gasteiger partial charge in [0.1, 0.15) is 22.9 Å². The van der Waals surface area contributed by atoms with E-state index in [0.29, 0.717) is 0 Å². The van der Waals surface area contributed by atoms with E-state index in [0.717, 1.165) is 24.3 Å². The zero-order valence-electron chi connectivity index (χ0n) is 9.36. The number of halogens is 3. The number of benzene rings is 2. The van der Waals surface area contributed by atoms with Crippen molar-refractivity contribution >= 4 is 5.97 Å². The molecule has 3 nitrogen and oxygen atoms in total. The lowest BCUT2D eigenvalue weighted by Crippen LogP contribution is -2.03. The lowest BCUT2D eigenvalue weighted by Gasteiger charge is -2.09. The van der Waals surface area contributed by atoms with E-state index in [1.165, 1.54) is 12.1 Å². The molecule has 0 aliphatic carbocycles. The van der Waals surface area contributed by atoms with Gasteiger partial charge in [-0.3, -0.25) is 0 Å². The van der Waals surface area contributed by atoms with Crippen LogP contribution in [0.3, 0.4) is 0 Å². The Labute approximate surface area is 105 Å². The van der Waals surface area contributed by atoms with E-state index >= 15 is 0 Å². The minimum Gasteiger partial charge on any atom is -0.477 e. The van der Waals surface area contributed by atoms with E-state index in [1.807, 2.05) is 0 Å². The van der Waals surface area contributed by atoms with E-state index in [2.05, 4.69) is 0 Å². The molecule has 0 saturated heterocycles. The Hall–Kier alpha value is -2.50. The average molecular weight is 268 g/mol. The summed E-state index contributed by atoms with van der Waals surface area (Å²) in [6, 6.07) is 6.09. The van der Waals surface area contributed by atoms with Crippen LogP contribution in [0.5, 0.6) is 11.5 Å². The van der Waals surface area contributed by atoms with Crippen LogP contribution in [0, 0.1) is 17.5 Å². The van der Waals surface area contributed by atoms with Crippen molar-refractivity contribution in [1.82, 2.24) is 0 Å². The van der Waals surface area contributed by atoms with E-state index < -0.39 is 29.0 Å². The van der Waals surface area contributed by atoms with Crippen LogP contribution in [-0.4, -0.2) is 11.1 Å². The predicted octanol–water partition coefficient (Wildman–Crippen LogP) is 3.59. The van der Waals surface area contributed by atoms with Crippen molar-refractivity contribution in [3.63, 3.8) is 0 Å². The Morgan fingerprint density at radius 1 is 1.00 bits per heavy atom. The Bertz CT molecular complexity index is 641. The number of carboxylic acid groups (broad SMARTS) is 1. The third-order valence-corrected chi connectivity index (χ3v) is 2.31. The summed E-state index contributed by atoms with van der Waals surface area (Å²) in [5.74, 6) is -5.13. The van der Waals surface area contributed by atoms with Gasteiger partial charge >= 0.3 is 5.97 Å². The number of carboxylic acids is 1. The standard InChI is InChI=1S/C13H7F3O3/c14-8-5-4-7(6-10(8)16)19-11-3-1-2-9(15)12(11)13(17)18/h1-6H,(H,17,18). The molecule has 0 radical (unpaired) electrons. The van der Waals surface area contributed by atoms with Gasteiger partial charge in [0.2, 0.25) is 0 Å².